The highest BCUT2D eigenvalue weighted by atomic mass is 32.1. The van der Waals surface area contributed by atoms with E-state index in [0.29, 0.717) is 12.1 Å². The number of amides is 2. The zero-order valence-electron chi connectivity index (χ0n) is 16.7. The van der Waals surface area contributed by atoms with E-state index in [2.05, 4.69) is 5.32 Å². The molecule has 1 aromatic heterocycles. The lowest BCUT2D eigenvalue weighted by Gasteiger charge is -2.25. The number of carbonyl (C=O) groups is 2. The van der Waals surface area contributed by atoms with Gasteiger partial charge in [-0.3, -0.25) is 14.5 Å². The normalized spacial score (nSPS) is 15.4. The van der Waals surface area contributed by atoms with Gasteiger partial charge in [-0.15, -0.1) is 11.3 Å². The second-order valence-electron chi connectivity index (χ2n) is 7.50. The summed E-state index contributed by atoms with van der Waals surface area (Å²) in [5.41, 5.74) is -1.64. The summed E-state index contributed by atoms with van der Waals surface area (Å²) >= 11 is 0.956. The van der Waals surface area contributed by atoms with Crippen LogP contribution in [0.15, 0.2) is 35.7 Å². The van der Waals surface area contributed by atoms with Crippen molar-refractivity contribution in [1.29, 1.82) is 0 Å². The molecule has 174 valence electrons. The van der Waals surface area contributed by atoms with Crippen LogP contribution in [0.1, 0.15) is 52.9 Å². The molecule has 1 aromatic carbocycles. The number of thiophene rings is 1. The molecule has 32 heavy (non-hydrogen) atoms. The maximum atomic E-state index is 13.2. The number of halogens is 6. The molecule has 0 atom stereocenters. The predicted molar refractivity (Wildman–Crippen MR) is 107 cm³/mol. The molecular formula is C21H20F6N2O2S. The van der Waals surface area contributed by atoms with Crippen molar-refractivity contribution in [3.05, 3.63) is 51.7 Å². The molecule has 11 heteroatoms. The van der Waals surface area contributed by atoms with Crippen LogP contribution in [0.5, 0.6) is 0 Å². The first-order valence-corrected chi connectivity index (χ1v) is 10.8. The first-order chi connectivity index (χ1) is 15.0. The Morgan fingerprint density at radius 3 is 2.34 bits per heavy atom. The SMILES string of the molecule is O=C(NC1CCCCC1)c1ccsc1CN(C(=O)C(F)(F)F)c1cccc(C(F)(F)F)c1. The van der Waals surface area contributed by atoms with Gasteiger partial charge in [0.2, 0.25) is 0 Å². The van der Waals surface area contributed by atoms with E-state index in [4.69, 9.17) is 0 Å². The van der Waals surface area contributed by atoms with Crippen LogP contribution in [0.25, 0.3) is 0 Å². The quantitative estimate of drug-likeness (QED) is 0.542. The molecule has 1 heterocycles. The molecule has 3 rings (SSSR count). The Labute approximate surface area is 184 Å². The second-order valence-corrected chi connectivity index (χ2v) is 8.50. The molecule has 0 unspecified atom stereocenters. The summed E-state index contributed by atoms with van der Waals surface area (Å²) in [4.78, 5) is 25.1. The summed E-state index contributed by atoms with van der Waals surface area (Å²) in [5, 5.41) is 4.35. The monoisotopic (exact) mass is 478 g/mol. The van der Waals surface area contributed by atoms with E-state index in [1.807, 2.05) is 0 Å². The van der Waals surface area contributed by atoms with Gasteiger partial charge in [0, 0.05) is 16.6 Å². The first-order valence-electron chi connectivity index (χ1n) is 9.90. The minimum Gasteiger partial charge on any atom is -0.349 e. The minimum absolute atomic E-state index is 0.0413. The van der Waals surface area contributed by atoms with E-state index < -0.39 is 42.0 Å². The number of hydrogen-bond donors (Lipinski definition) is 1. The van der Waals surface area contributed by atoms with Gasteiger partial charge in [-0.25, -0.2) is 0 Å². The average molecular weight is 478 g/mol. The molecule has 2 aromatic rings. The van der Waals surface area contributed by atoms with Gasteiger partial charge in [-0.1, -0.05) is 25.3 Å². The summed E-state index contributed by atoms with van der Waals surface area (Å²) in [6.45, 7) is -0.690. The van der Waals surface area contributed by atoms with Crippen molar-refractivity contribution in [2.45, 2.75) is 57.0 Å². The van der Waals surface area contributed by atoms with Crippen molar-refractivity contribution in [1.82, 2.24) is 5.32 Å². The number of nitrogens with one attached hydrogen (secondary N) is 1. The Morgan fingerprint density at radius 2 is 1.72 bits per heavy atom. The molecule has 1 saturated carbocycles. The molecule has 1 N–H and O–H groups in total. The number of anilines is 1. The third-order valence-electron chi connectivity index (χ3n) is 5.20. The van der Waals surface area contributed by atoms with E-state index in [-0.39, 0.29) is 21.4 Å². The Morgan fingerprint density at radius 1 is 1.03 bits per heavy atom. The second kappa shape index (κ2) is 9.51. The maximum absolute atomic E-state index is 13.2. The van der Waals surface area contributed by atoms with Crippen LogP contribution < -0.4 is 10.2 Å². The molecule has 2 amide bonds. The molecule has 1 aliphatic carbocycles. The van der Waals surface area contributed by atoms with E-state index in [0.717, 1.165) is 55.6 Å². The number of carbonyl (C=O) groups excluding carboxylic acids is 2. The molecule has 0 spiro atoms. The highest BCUT2D eigenvalue weighted by Gasteiger charge is 2.44. The highest BCUT2D eigenvalue weighted by molar-refractivity contribution is 7.10. The smallest absolute Gasteiger partial charge is 0.349 e. The Balaban J connectivity index is 1.89. The van der Waals surface area contributed by atoms with E-state index in [9.17, 15) is 35.9 Å². The van der Waals surface area contributed by atoms with Crippen molar-refractivity contribution >= 4 is 28.8 Å². The molecule has 4 nitrogen and oxygen atoms in total. The van der Waals surface area contributed by atoms with Crippen LogP contribution in [0.3, 0.4) is 0 Å². The Hall–Kier alpha value is -2.56. The van der Waals surface area contributed by atoms with Gasteiger partial charge < -0.3 is 5.32 Å². The van der Waals surface area contributed by atoms with Crippen molar-refractivity contribution in [3.63, 3.8) is 0 Å². The molecule has 1 aliphatic rings. The zero-order chi connectivity index (χ0) is 23.5. The van der Waals surface area contributed by atoms with Gasteiger partial charge in [-0.2, -0.15) is 26.3 Å². The number of benzene rings is 1. The third kappa shape index (κ3) is 5.81. The fourth-order valence-electron chi connectivity index (χ4n) is 3.60. The van der Waals surface area contributed by atoms with Crippen molar-refractivity contribution in [2.75, 3.05) is 4.90 Å². The summed E-state index contributed by atoms with van der Waals surface area (Å²) in [6.07, 6.45) is -5.51. The lowest BCUT2D eigenvalue weighted by Crippen LogP contribution is -2.41. The van der Waals surface area contributed by atoms with E-state index >= 15 is 0 Å². The van der Waals surface area contributed by atoms with Crippen LogP contribution in [-0.4, -0.2) is 24.0 Å². The van der Waals surface area contributed by atoms with Gasteiger partial charge in [0.1, 0.15) is 0 Å². The molecule has 0 saturated heterocycles. The molecule has 0 aliphatic heterocycles. The van der Waals surface area contributed by atoms with Crippen LogP contribution >= 0.6 is 11.3 Å². The summed E-state index contributed by atoms with van der Waals surface area (Å²) < 4.78 is 78.9. The van der Waals surface area contributed by atoms with Crippen molar-refractivity contribution < 1.29 is 35.9 Å². The van der Waals surface area contributed by atoms with Gasteiger partial charge >= 0.3 is 18.3 Å². The summed E-state index contributed by atoms with van der Waals surface area (Å²) in [5.74, 6) is -2.79. The summed E-state index contributed by atoms with van der Waals surface area (Å²) in [6, 6.07) is 4.50. The van der Waals surface area contributed by atoms with Gasteiger partial charge in [-0.05, 0) is 42.5 Å². The molecule has 0 bridgehead atoms. The number of hydrogen-bond acceptors (Lipinski definition) is 3. The van der Waals surface area contributed by atoms with Gasteiger partial charge in [0.15, 0.2) is 0 Å². The maximum Gasteiger partial charge on any atom is 0.471 e. The first kappa shape index (κ1) is 24.1. The third-order valence-corrected chi connectivity index (χ3v) is 6.11. The van der Waals surface area contributed by atoms with Crippen molar-refractivity contribution in [2.24, 2.45) is 0 Å². The topological polar surface area (TPSA) is 49.4 Å². The lowest BCUT2D eigenvalue weighted by atomic mass is 9.95. The molecule has 1 fully saturated rings. The van der Waals surface area contributed by atoms with Crippen LogP contribution in [0.4, 0.5) is 32.0 Å². The van der Waals surface area contributed by atoms with Gasteiger partial charge in [0.05, 0.1) is 17.7 Å². The number of nitrogens with zero attached hydrogens (tertiary/aromatic N) is 1. The van der Waals surface area contributed by atoms with Crippen LogP contribution in [-0.2, 0) is 17.5 Å². The minimum atomic E-state index is -5.31. The molecule has 0 radical (unpaired) electrons. The Bertz CT molecular complexity index is 964. The van der Waals surface area contributed by atoms with E-state index in [1.165, 1.54) is 11.4 Å². The van der Waals surface area contributed by atoms with Crippen LogP contribution in [0.2, 0.25) is 0 Å². The zero-order valence-corrected chi connectivity index (χ0v) is 17.5. The Kier molecular flexibility index (Phi) is 7.16. The predicted octanol–water partition coefficient (Wildman–Crippen LogP) is 5.92. The number of rotatable bonds is 5. The number of alkyl halides is 6. The van der Waals surface area contributed by atoms with E-state index in [1.54, 1.807) is 0 Å². The van der Waals surface area contributed by atoms with Gasteiger partial charge in [0.25, 0.3) is 5.91 Å². The molecular weight excluding hydrogens is 458 g/mol. The standard InChI is InChI=1S/C21H20F6N2O2S/c22-20(23,24)13-5-4-8-15(11-13)29(19(31)21(25,26)27)12-17-16(9-10-32-17)18(30)28-14-6-2-1-3-7-14/h4-5,8-11,14H,1-3,6-7,12H2,(H,28,30). The highest BCUT2D eigenvalue weighted by Crippen LogP contribution is 2.34. The fourth-order valence-corrected chi connectivity index (χ4v) is 4.46. The van der Waals surface area contributed by atoms with Crippen molar-refractivity contribution in [3.8, 4) is 0 Å². The lowest BCUT2D eigenvalue weighted by molar-refractivity contribution is -0.170. The largest absolute Gasteiger partial charge is 0.471 e. The summed E-state index contributed by atoms with van der Waals surface area (Å²) in [7, 11) is 0. The average Bonchev–Trinajstić information content (AvgIpc) is 3.19. The van der Waals surface area contributed by atoms with Crippen LogP contribution in [0, 0.1) is 0 Å². The fraction of sp³-hybridized carbons (Fsp3) is 0.429.